The van der Waals surface area contributed by atoms with Crippen LogP contribution in [0, 0.1) is 0 Å². The molecule has 0 atom stereocenters. The third-order valence-corrected chi connectivity index (χ3v) is 4.84. The number of thiocarbonyl (C=S) groups is 1. The van der Waals surface area contributed by atoms with Gasteiger partial charge < -0.3 is 24.8 Å². The van der Waals surface area contributed by atoms with E-state index >= 15 is 0 Å². The molecule has 0 saturated carbocycles. The Morgan fingerprint density at radius 1 is 1.06 bits per heavy atom. The number of aromatic nitrogens is 2. The Morgan fingerprint density at radius 3 is 2.66 bits per heavy atom. The van der Waals surface area contributed by atoms with E-state index < -0.39 is 0 Å². The van der Waals surface area contributed by atoms with Crippen molar-refractivity contribution in [3.05, 3.63) is 65.4 Å². The van der Waals surface area contributed by atoms with E-state index in [0.29, 0.717) is 35.6 Å². The van der Waals surface area contributed by atoms with Gasteiger partial charge in [-0.3, -0.25) is 0 Å². The second-order valence-corrected chi connectivity index (χ2v) is 7.62. The van der Waals surface area contributed by atoms with Gasteiger partial charge in [-0.05, 0) is 68.4 Å². The molecule has 3 aromatic rings. The van der Waals surface area contributed by atoms with Crippen molar-refractivity contribution in [2.75, 3.05) is 25.1 Å². The van der Waals surface area contributed by atoms with Crippen molar-refractivity contribution in [3.8, 4) is 17.2 Å². The molecule has 0 fully saturated rings. The lowest BCUT2D eigenvalue weighted by Gasteiger charge is -2.13. The number of rotatable bonds is 11. The van der Waals surface area contributed by atoms with Gasteiger partial charge in [-0.1, -0.05) is 23.7 Å². The van der Waals surface area contributed by atoms with Crippen LogP contribution in [-0.4, -0.2) is 34.7 Å². The van der Waals surface area contributed by atoms with Crippen LogP contribution in [0.1, 0.15) is 19.4 Å². The third-order valence-electron chi connectivity index (χ3n) is 4.36. The third kappa shape index (κ3) is 7.32. The molecule has 9 heteroatoms. The van der Waals surface area contributed by atoms with Gasteiger partial charge in [0, 0.05) is 11.6 Å². The summed E-state index contributed by atoms with van der Waals surface area (Å²) in [5, 5.41) is 11.8. The fourth-order valence-electron chi connectivity index (χ4n) is 2.94. The number of halogens is 1. The lowest BCUT2D eigenvalue weighted by Crippen LogP contribution is -2.30. The smallest absolute Gasteiger partial charge is 0.180 e. The number of ether oxygens (including phenoxy) is 3. The molecule has 0 bridgehead atoms. The van der Waals surface area contributed by atoms with E-state index in [1.807, 2.05) is 50.4 Å². The normalized spacial score (nSPS) is 10.5. The van der Waals surface area contributed by atoms with Gasteiger partial charge in [0.15, 0.2) is 23.3 Å². The first kappa shape index (κ1) is 23.7. The molecule has 0 unspecified atom stereocenters. The molecule has 1 aromatic heterocycles. The summed E-state index contributed by atoms with van der Waals surface area (Å²) in [4.78, 5) is 0. The average molecular weight is 475 g/mol. The van der Waals surface area contributed by atoms with Crippen LogP contribution in [0.15, 0.2) is 54.9 Å². The van der Waals surface area contributed by atoms with Crippen LogP contribution in [0.3, 0.4) is 0 Å². The van der Waals surface area contributed by atoms with E-state index in [1.165, 1.54) is 0 Å². The highest BCUT2D eigenvalue weighted by atomic mass is 35.5. The first-order chi connectivity index (χ1) is 15.6. The number of hydrogen-bond acceptors (Lipinski definition) is 5. The molecule has 2 N–H and O–H groups in total. The topological polar surface area (TPSA) is 69.6 Å². The summed E-state index contributed by atoms with van der Waals surface area (Å²) in [7, 11) is 0. The summed E-state index contributed by atoms with van der Waals surface area (Å²) in [6.07, 6.45) is 4.30. The quantitative estimate of drug-likeness (QED) is 0.383. The van der Waals surface area contributed by atoms with Crippen LogP contribution in [-0.2, 0) is 13.2 Å². The van der Waals surface area contributed by atoms with Crippen LogP contribution in [0.2, 0.25) is 5.02 Å². The minimum absolute atomic E-state index is 0.266. The number of anilines is 1. The highest BCUT2D eigenvalue weighted by Crippen LogP contribution is 2.28. The predicted octanol–water partition coefficient (Wildman–Crippen LogP) is 4.90. The first-order valence-electron chi connectivity index (χ1n) is 10.4. The molecule has 0 aliphatic heterocycles. The SMILES string of the molecule is CCOc1ccc(CCNC(=S)Nc2cnn(COc3cccc(Cl)c3)c2)cc1OCC. The maximum absolute atomic E-state index is 5.96. The summed E-state index contributed by atoms with van der Waals surface area (Å²) >= 11 is 11.4. The van der Waals surface area contributed by atoms with Gasteiger partial charge in [-0.2, -0.15) is 5.10 Å². The Hall–Kier alpha value is -2.97. The molecular formula is C23H27ClN4O3S. The summed E-state index contributed by atoms with van der Waals surface area (Å²) in [5.74, 6) is 2.21. The van der Waals surface area contributed by atoms with Gasteiger partial charge in [-0.15, -0.1) is 0 Å². The summed E-state index contributed by atoms with van der Waals surface area (Å²) < 4.78 is 18.6. The zero-order chi connectivity index (χ0) is 22.8. The van der Waals surface area contributed by atoms with E-state index in [1.54, 1.807) is 23.0 Å². The summed E-state index contributed by atoms with van der Waals surface area (Å²) in [6, 6.07) is 13.2. The lowest BCUT2D eigenvalue weighted by atomic mass is 10.1. The minimum atomic E-state index is 0.266. The van der Waals surface area contributed by atoms with Crippen molar-refractivity contribution < 1.29 is 14.2 Å². The monoisotopic (exact) mass is 474 g/mol. The molecule has 7 nitrogen and oxygen atoms in total. The van der Waals surface area contributed by atoms with Crippen molar-refractivity contribution in [1.82, 2.24) is 15.1 Å². The zero-order valence-electron chi connectivity index (χ0n) is 18.1. The van der Waals surface area contributed by atoms with Crippen molar-refractivity contribution in [1.29, 1.82) is 0 Å². The Balaban J connectivity index is 1.44. The van der Waals surface area contributed by atoms with Gasteiger partial charge in [0.05, 0.1) is 31.3 Å². The molecule has 0 saturated heterocycles. The Labute approximate surface area is 198 Å². The second kappa shape index (κ2) is 12.2. The van der Waals surface area contributed by atoms with Crippen molar-refractivity contribution in [2.24, 2.45) is 0 Å². The van der Waals surface area contributed by atoms with E-state index in [-0.39, 0.29) is 6.73 Å². The zero-order valence-corrected chi connectivity index (χ0v) is 19.7. The minimum Gasteiger partial charge on any atom is -0.490 e. The highest BCUT2D eigenvalue weighted by Gasteiger charge is 2.07. The number of benzene rings is 2. The van der Waals surface area contributed by atoms with Crippen LogP contribution >= 0.6 is 23.8 Å². The fourth-order valence-corrected chi connectivity index (χ4v) is 3.34. The molecule has 0 aliphatic rings. The van der Waals surface area contributed by atoms with E-state index in [9.17, 15) is 0 Å². The lowest BCUT2D eigenvalue weighted by molar-refractivity contribution is 0.221. The van der Waals surface area contributed by atoms with Gasteiger partial charge in [-0.25, -0.2) is 4.68 Å². The maximum atomic E-state index is 5.96. The Morgan fingerprint density at radius 2 is 1.88 bits per heavy atom. The molecule has 32 heavy (non-hydrogen) atoms. The van der Waals surface area contributed by atoms with Crippen LogP contribution in [0.5, 0.6) is 17.2 Å². The maximum Gasteiger partial charge on any atom is 0.180 e. The molecule has 3 rings (SSSR count). The van der Waals surface area contributed by atoms with Crippen molar-refractivity contribution in [3.63, 3.8) is 0 Å². The number of nitrogens with zero attached hydrogens (tertiary/aromatic N) is 2. The molecule has 170 valence electrons. The summed E-state index contributed by atoms with van der Waals surface area (Å²) in [5.41, 5.74) is 1.91. The van der Waals surface area contributed by atoms with E-state index in [0.717, 1.165) is 29.2 Å². The number of nitrogens with one attached hydrogen (secondary N) is 2. The number of hydrogen-bond donors (Lipinski definition) is 2. The molecule has 0 spiro atoms. The Kier molecular flexibility index (Phi) is 9.01. The van der Waals surface area contributed by atoms with Crippen molar-refractivity contribution >= 4 is 34.6 Å². The van der Waals surface area contributed by atoms with Crippen LogP contribution in [0.4, 0.5) is 5.69 Å². The molecule has 2 aromatic carbocycles. The Bertz CT molecular complexity index is 1030. The van der Waals surface area contributed by atoms with E-state index in [2.05, 4.69) is 15.7 Å². The van der Waals surface area contributed by atoms with Gasteiger partial charge in [0.2, 0.25) is 0 Å². The molecule has 1 heterocycles. The molecule has 0 amide bonds. The van der Waals surface area contributed by atoms with Crippen LogP contribution < -0.4 is 24.8 Å². The molecule has 0 aliphatic carbocycles. The largest absolute Gasteiger partial charge is 0.490 e. The molecule has 0 radical (unpaired) electrons. The average Bonchev–Trinajstić information content (AvgIpc) is 3.21. The molecular weight excluding hydrogens is 448 g/mol. The fraction of sp³-hybridized carbons (Fsp3) is 0.304. The summed E-state index contributed by atoms with van der Waals surface area (Å²) in [6.45, 7) is 6.05. The van der Waals surface area contributed by atoms with Gasteiger partial charge in [0.1, 0.15) is 5.75 Å². The first-order valence-corrected chi connectivity index (χ1v) is 11.2. The second-order valence-electron chi connectivity index (χ2n) is 6.78. The van der Waals surface area contributed by atoms with Crippen LogP contribution in [0.25, 0.3) is 0 Å². The van der Waals surface area contributed by atoms with Gasteiger partial charge in [0.25, 0.3) is 0 Å². The van der Waals surface area contributed by atoms with E-state index in [4.69, 9.17) is 38.0 Å². The van der Waals surface area contributed by atoms with Gasteiger partial charge >= 0.3 is 0 Å². The highest BCUT2D eigenvalue weighted by molar-refractivity contribution is 7.80. The predicted molar refractivity (Wildman–Crippen MR) is 131 cm³/mol. The van der Waals surface area contributed by atoms with Crippen molar-refractivity contribution in [2.45, 2.75) is 27.0 Å². The standard InChI is InChI=1S/C23H27ClN4O3S/c1-3-29-21-9-8-17(12-22(21)30-4-2)10-11-25-23(32)27-19-14-26-28(15-19)16-31-20-7-5-6-18(24)13-20/h5-9,12-15H,3-4,10-11,16H2,1-2H3,(H2,25,27,32).